The first kappa shape index (κ1) is 7.70. The van der Waals surface area contributed by atoms with Crippen LogP contribution in [-0.4, -0.2) is 17.9 Å². The van der Waals surface area contributed by atoms with Crippen molar-refractivity contribution in [2.75, 3.05) is 0 Å². The van der Waals surface area contributed by atoms with Crippen LogP contribution >= 0.6 is 0 Å². The highest BCUT2D eigenvalue weighted by atomic mass is 16.7. The number of rotatable bonds is 1. The van der Waals surface area contributed by atoms with Crippen LogP contribution in [0.3, 0.4) is 0 Å². The Kier molecular flexibility index (Phi) is 0.848. The standard InChI is InChI=1S/C13H14O3/c1-3(14)15-13-10-5-2-4-6-7(5)11(13)9(6)12(16-13)8(4)10/h4-12H,2H2,1H3/t4-,5-,6-,7-,8-,9-,10?,11?,12+,13-/m0/s1. The number of esters is 1. The Hall–Kier alpha value is -0.570. The third-order valence-corrected chi connectivity index (χ3v) is 6.93. The fourth-order valence-corrected chi connectivity index (χ4v) is 7.31. The average Bonchev–Trinajstić information content (AvgIpc) is 2.73. The predicted molar refractivity (Wildman–Crippen MR) is 51.9 cm³/mol. The van der Waals surface area contributed by atoms with Gasteiger partial charge in [-0.2, -0.15) is 0 Å². The van der Waals surface area contributed by atoms with Gasteiger partial charge in [-0.3, -0.25) is 4.79 Å². The number of carbonyl (C=O) groups excluding carboxylic acids is 1. The molecule has 5 saturated carbocycles. The van der Waals surface area contributed by atoms with Crippen molar-refractivity contribution in [1.29, 1.82) is 0 Å². The number of carbonyl (C=O) groups is 1. The lowest BCUT2D eigenvalue weighted by Gasteiger charge is -2.44. The summed E-state index contributed by atoms with van der Waals surface area (Å²) in [6.45, 7) is 1.53. The molecule has 0 aromatic rings. The van der Waals surface area contributed by atoms with Gasteiger partial charge in [0.25, 0.3) is 0 Å². The molecule has 3 heteroatoms. The maximum Gasteiger partial charge on any atom is 0.305 e. The maximum atomic E-state index is 11.4. The van der Waals surface area contributed by atoms with E-state index in [1.54, 1.807) is 0 Å². The lowest BCUT2D eigenvalue weighted by atomic mass is 9.59. The molecule has 2 heterocycles. The molecule has 2 saturated heterocycles. The molecule has 0 aromatic heterocycles. The van der Waals surface area contributed by atoms with E-state index in [-0.39, 0.29) is 5.97 Å². The first-order chi connectivity index (χ1) is 7.74. The Morgan fingerprint density at radius 1 is 1.19 bits per heavy atom. The minimum absolute atomic E-state index is 0.145. The summed E-state index contributed by atoms with van der Waals surface area (Å²) in [4.78, 5) is 11.4. The molecule has 3 nitrogen and oxygen atoms in total. The van der Waals surface area contributed by atoms with Crippen molar-refractivity contribution in [3.8, 4) is 0 Å². The van der Waals surface area contributed by atoms with Gasteiger partial charge in [0, 0.05) is 18.8 Å². The molecule has 0 aromatic carbocycles. The molecule has 7 aliphatic rings. The zero-order valence-electron chi connectivity index (χ0n) is 9.13. The van der Waals surface area contributed by atoms with Crippen LogP contribution in [-0.2, 0) is 14.3 Å². The highest BCUT2D eigenvalue weighted by Crippen LogP contribution is 2.90. The Balaban J connectivity index is 1.62. The number of hydrogen-bond donors (Lipinski definition) is 0. The lowest BCUT2D eigenvalue weighted by molar-refractivity contribution is -0.228. The van der Waals surface area contributed by atoms with Gasteiger partial charge in [-0.1, -0.05) is 0 Å². The predicted octanol–water partition coefficient (Wildman–Crippen LogP) is 1.03. The zero-order chi connectivity index (χ0) is 10.4. The van der Waals surface area contributed by atoms with Gasteiger partial charge in [-0.15, -0.1) is 0 Å². The molecular formula is C13H14O3. The summed E-state index contributed by atoms with van der Waals surface area (Å²) in [7, 11) is 0. The van der Waals surface area contributed by atoms with Gasteiger partial charge in [-0.05, 0) is 41.9 Å². The molecule has 0 spiro atoms. The Morgan fingerprint density at radius 3 is 2.88 bits per heavy atom. The van der Waals surface area contributed by atoms with Crippen LogP contribution in [0.15, 0.2) is 0 Å². The van der Waals surface area contributed by atoms with E-state index in [1.165, 1.54) is 13.3 Å². The summed E-state index contributed by atoms with van der Waals surface area (Å²) in [5, 5.41) is 0. The van der Waals surface area contributed by atoms with Crippen LogP contribution in [0, 0.1) is 47.3 Å². The van der Waals surface area contributed by atoms with E-state index in [1.807, 2.05) is 0 Å². The molecular weight excluding hydrogens is 204 g/mol. The highest BCUT2D eigenvalue weighted by molar-refractivity contribution is 5.67. The lowest BCUT2D eigenvalue weighted by Crippen LogP contribution is -2.50. The molecule has 0 radical (unpaired) electrons. The second kappa shape index (κ2) is 1.76. The third kappa shape index (κ3) is 0.430. The minimum atomic E-state index is -0.442. The topological polar surface area (TPSA) is 35.5 Å². The quantitative estimate of drug-likeness (QED) is 0.617. The van der Waals surface area contributed by atoms with Crippen LogP contribution in [0.5, 0.6) is 0 Å². The van der Waals surface area contributed by atoms with Crippen molar-refractivity contribution >= 4 is 5.97 Å². The normalized spacial score (nSPS) is 77.7. The molecule has 16 heavy (non-hydrogen) atoms. The third-order valence-electron chi connectivity index (χ3n) is 6.93. The van der Waals surface area contributed by atoms with Crippen molar-refractivity contribution in [2.24, 2.45) is 47.3 Å². The summed E-state index contributed by atoms with van der Waals surface area (Å²) in [5.74, 6) is 5.71. The number of ether oxygens (including phenoxy) is 2. The molecule has 2 aliphatic heterocycles. The Labute approximate surface area is 93.5 Å². The van der Waals surface area contributed by atoms with Crippen molar-refractivity contribution in [3.63, 3.8) is 0 Å². The summed E-state index contributed by atoms with van der Waals surface area (Å²) in [5.41, 5.74) is 0. The Morgan fingerprint density at radius 2 is 2.06 bits per heavy atom. The smallest absolute Gasteiger partial charge is 0.305 e. The number of hydrogen-bond acceptors (Lipinski definition) is 3. The van der Waals surface area contributed by atoms with E-state index in [0.29, 0.717) is 17.9 Å². The second-order valence-electron chi connectivity index (χ2n) is 6.82. The van der Waals surface area contributed by atoms with Gasteiger partial charge in [0.15, 0.2) is 0 Å². The average molecular weight is 218 g/mol. The van der Waals surface area contributed by atoms with E-state index in [2.05, 4.69) is 0 Å². The van der Waals surface area contributed by atoms with Crippen molar-refractivity contribution in [3.05, 3.63) is 0 Å². The summed E-state index contributed by atoms with van der Waals surface area (Å²) < 4.78 is 11.9. The molecule has 4 bridgehead atoms. The second-order valence-corrected chi connectivity index (χ2v) is 6.82. The summed E-state index contributed by atoms with van der Waals surface area (Å²) >= 11 is 0. The molecule has 0 amide bonds. The van der Waals surface area contributed by atoms with Crippen LogP contribution in [0.1, 0.15) is 13.3 Å². The van der Waals surface area contributed by atoms with Gasteiger partial charge < -0.3 is 9.47 Å². The SMILES string of the molecule is CC(=O)O[C@]12O[C@@H]3[C@@H]4C1[C@H]1C[C@H]4[C@H]4[C@H]1C2[C@@H]34. The highest BCUT2D eigenvalue weighted by Gasteiger charge is 2.94. The van der Waals surface area contributed by atoms with E-state index in [4.69, 9.17) is 9.47 Å². The van der Waals surface area contributed by atoms with Gasteiger partial charge >= 0.3 is 5.97 Å². The van der Waals surface area contributed by atoms with Gasteiger partial charge in [0.05, 0.1) is 6.10 Å². The van der Waals surface area contributed by atoms with Crippen LogP contribution in [0.4, 0.5) is 0 Å². The largest absolute Gasteiger partial charge is 0.433 e. The molecule has 5 aliphatic carbocycles. The Bertz CT molecular complexity index is 450. The fraction of sp³-hybridized carbons (Fsp3) is 0.923. The fourth-order valence-electron chi connectivity index (χ4n) is 7.31. The molecule has 10 atom stereocenters. The summed E-state index contributed by atoms with van der Waals surface area (Å²) in [6.07, 6.45) is 1.88. The van der Waals surface area contributed by atoms with E-state index in [0.717, 1.165) is 35.5 Å². The van der Waals surface area contributed by atoms with E-state index < -0.39 is 5.79 Å². The van der Waals surface area contributed by atoms with Crippen LogP contribution < -0.4 is 0 Å². The zero-order valence-corrected chi connectivity index (χ0v) is 9.13. The molecule has 84 valence electrons. The minimum Gasteiger partial charge on any atom is -0.433 e. The van der Waals surface area contributed by atoms with Gasteiger partial charge in [0.2, 0.25) is 5.79 Å². The van der Waals surface area contributed by atoms with Crippen molar-refractivity contribution in [1.82, 2.24) is 0 Å². The van der Waals surface area contributed by atoms with Gasteiger partial charge in [-0.25, -0.2) is 0 Å². The first-order valence-corrected chi connectivity index (χ1v) is 6.61. The van der Waals surface area contributed by atoms with Crippen molar-refractivity contribution < 1.29 is 14.3 Å². The van der Waals surface area contributed by atoms with Crippen LogP contribution in [0.25, 0.3) is 0 Å². The van der Waals surface area contributed by atoms with E-state index >= 15 is 0 Å². The molecule has 7 rings (SSSR count). The van der Waals surface area contributed by atoms with Gasteiger partial charge in [0.1, 0.15) is 0 Å². The maximum absolute atomic E-state index is 11.4. The molecule has 7 fully saturated rings. The molecule has 0 N–H and O–H groups in total. The van der Waals surface area contributed by atoms with E-state index in [9.17, 15) is 4.79 Å². The summed E-state index contributed by atoms with van der Waals surface area (Å²) in [6, 6.07) is 0. The first-order valence-electron chi connectivity index (χ1n) is 6.61. The molecule has 2 unspecified atom stereocenters. The monoisotopic (exact) mass is 218 g/mol. The van der Waals surface area contributed by atoms with Crippen molar-refractivity contribution in [2.45, 2.75) is 25.2 Å². The van der Waals surface area contributed by atoms with Crippen LogP contribution in [0.2, 0.25) is 0 Å².